The summed E-state index contributed by atoms with van der Waals surface area (Å²) in [6.45, 7) is 5.57. The largest absolute Gasteiger partial charge is 0.337 e. The number of carbonyl (C=O) groups excluding carboxylic acids is 2. The van der Waals surface area contributed by atoms with Crippen LogP contribution in [-0.2, 0) is 22.6 Å². The van der Waals surface area contributed by atoms with Gasteiger partial charge in [0.2, 0.25) is 11.8 Å². The molecule has 27 heavy (non-hydrogen) atoms. The number of hydrogen-bond donors (Lipinski definition) is 1. The number of likely N-dealkylation sites (N-methyl/N-ethyl adjacent to an activating group) is 1. The number of thiazole rings is 1. The van der Waals surface area contributed by atoms with Crippen molar-refractivity contribution in [3.8, 4) is 0 Å². The molecule has 0 fully saturated rings. The van der Waals surface area contributed by atoms with Gasteiger partial charge in [0.15, 0.2) is 5.13 Å². The van der Waals surface area contributed by atoms with Crippen molar-refractivity contribution >= 4 is 28.3 Å². The molecule has 8 heteroatoms. The fourth-order valence-corrected chi connectivity index (χ4v) is 3.00. The fraction of sp³-hybridized carbons (Fsp3) is 0.474. The predicted molar refractivity (Wildman–Crippen MR) is 107 cm³/mol. The Balaban J connectivity index is 2.02. The van der Waals surface area contributed by atoms with Crippen LogP contribution in [0.15, 0.2) is 29.9 Å². The van der Waals surface area contributed by atoms with E-state index >= 15 is 0 Å². The maximum atomic E-state index is 12.8. The van der Waals surface area contributed by atoms with E-state index in [4.69, 9.17) is 0 Å². The van der Waals surface area contributed by atoms with E-state index in [9.17, 15) is 9.59 Å². The molecule has 0 aliphatic rings. The zero-order chi connectivity index (χ0) is 19.8. The van der Waals surface area contributed by atoms with E-state index < -0.39 is 0 Å². The lowest BCUT2D eigenvalue weighted by Gasteiger charge is -2.24. The maximum Gasteiger partial charge on any atom is 0.228 e. The molecule has 146 valence electrons. The monoisotopic (exact) mass is 389 g/mol. The van der Waals surface area contributed by atoms with Crippen LogP contribution in [0, 0.1) is 5.92 Å². The van der Waals surface area contributed by atoms with Crippen molar-refractivity contribution in [1.82, 2.24) is 19.8 Å². The van der Waals surface area contributed by atoms with Gasteiger partial charge in [-0.2, -0.15) is 0 Å². The summed E-state index contributed by atoms with van der Waals surface area (Å²) in [4.78, 5) is 37.0. The van der Waals surface area contributed by atoms with E-state index in [0.29, 0.717) is 23.9 Å². The van der Waals surface area contributed by atoms with Gasteiger partial charge in [-0.3, -0.25) is 14.6 Å². The van der Waals surface area contributed by atoms with Crippen LogP contribution in [0.3, 0.4) is 0 Å². The zero-order valence-electron chi connectivity index (χ0n) is 16.3. The van der Waals surface area contributed by atoms with Crippen molar-refractivity contribution in [1.29, 1.82) is 0 Å². The lowest BCUT2D eigenvalue weighted by Crippen LogP contribution is -2.37. The molecule has 2 aromatic rings. The highest BCUT2D eigenvalue weighted by atomic mass is 32.1. The summed E-state index contributed by atoms with van der Waals surface area (Å²) >= 11 is 1.34. The van der Waals surface area contributed by atoms with Crippen LogP contribution in [0.4, 0.5) is 5.13 Å². The molecule has 0 aliphatic carbocycles. The van der Waals surface area contributed by atoms with Crippen LogP contribution in [0.5, 0.6) is 0 Å². The van der Waals surface area contributed by atoms with Gasteiger partial charge in [-0.05, 0) is 25.7 Å². The van der Waals surface area contributed by atoms with Gasteiger partial charge >= 0.3 is 0 Å². The molecule has 1 N–H and O–H groups in total. The molecule has 0 unspecified atom stereocenters. The van der Waals surface area contributed by atoms with Crippen molar-refractivity contribution in [2.75, 3.05) is 32.5 Å². The standard InChI is InChI=1S/C19H27N5O2S/c1-14(2)18(26)22-19-21-16(13-27-19)10-17(25)24(9-8-23(3)4)12-15-6-5-7-20-11-15/h5-7,11,13-14H,8-10,12H2,1-4H3,(H,21,22,26). The average Bonchev–Trinajstić information content (AvgIpc) is 3.05. The molecular weight excluding hydrogens is 362 g/mol. The lowest BCUT2D eigenvalue weighted by atomic mass is 10.2. The van der Waals surface area contributed by atoms with E-state index in [0.717, 1.165) is 12.1 Å². The highest BCUT2D eigenvalue weighted by Gasteiger charge is 2.17. The fourth-order valence-electron chi connectivity index (χ4n) is 2.29. The highest BCUT2D eigenvalue weighted by Crippen LogP contribution is 2.17. The second kappa shape index (κ2) is 10.1. The van der Waals surface area contributed by atoms with Gasteiger partial charge in [-0.1, -0.05) is 19.9 Å². The average molecular weight is 390 g/mol. The number of nitrogens with zero attached hydrogens (tertiary/aromatic N) is 4. The SMILES string of the molecule is CC(C)C(=O)Nc1nc(CC(=O)N(CCN(C)C)Cc2cccnc2)cs1. The summed E-state index contributed by atoms with van der Waals surface area (Å²) in [5.41, 5.74) is 1.66. The van der Waals surface area contributed by atoms with Gasteiger partial charge in [0.1, 0.15) is 0 Å². The van der Waals surface area contributed by atoms with Gasteiger partial charge < -0.3 is 15.1 Å². The van der Waals surface area contributed by atoms with Crippen LogP contribution in [0.1, 0.15) is 25.1 Å². The van der Waals surface area contributed by atoms with Gasteiger partial charge in [0.25, 0.3) is 0 Å². The quantitative estimate of drug-likeness (QED) is 0.712. The molecule has 0 aliphatic heterocycles. The third-order valence-corrected chi connectivity index (χ3v) is 4.71. The van der Waals surface area contributed by atoms with Crippen molar-refractivity contribution in [3.05, 3.63) is 41.2 Å². The highest BCUT2D eigenvalue weighted by molar-refractivity contribution is 7.13. The first kappa shape index (κ1) is 21.0. The minimum absolute atomic E-state index is 0.00717. The number of hydrogen-bond acceptors (Lipinski definition) is 6. The Kier molecular flexibility index (Phi) is 7.87. The number of amides is 2. The minimum Gasteiger partial charge on any atom is -0.337 e. The molecule has 0 spiro atoms. The van der Waals surface area contributed by atoms with Crippen LogP contribution in [-0.4, -0.2) is 58.8 Å². The van der Waals surface area contributed by atoms with Crippen molar-refractivity contribution in [3.63, 3.8) is 0 Å². The van der Waals surface area contributed by atoms with Gasteiger partial charge in [-0.15, -0.1) is 11.3 Å². The Morgan fingerprint density at radius 2 is 2.04 bits per heavy atom. The zero-order valence-corrected chi connectivity index (χ0v) is 17.1. The predicted octanol–water partition coefficient (Wildman–Crippen LogP) is 2.27. The third-order valence-electron chi connectivity index (χ3n) is 3.90. The van der Waals surface area contributed by atoms with Crippen molar-refractivity contribution in [2.24, 2.45) is 5.92 Å². The first-order valence-corrected chi connectivity index (χ1v) is 9.79. The Labute approximate surface area is 164 Å². The molecule has 2 rings (SSSR count). The summed E-state index contributed by atoms with van der Waals surface area (Å²) in [5, 5.41) is 5.13. The summed E-state index contributed by atoms with van der Waals surface area (Å²) < 4.78 is 0. The topological polar surface area (TPSA) is 78.4 Å². The number of pyridine rings is 1. The second-order valence-electron chi connectivity index (χ2n) is 6.94. The molecule has 0 bridgehead atoms. The summed E-state index contributed by atoms with van der Waals surface area (Å²) in [7, 11) is 3.97. The van der Waals surface area contributed by atoms with Crippen LogP contribution in [0.2, 0.25) is 0 Å². The molecule has 0 saturated heterocycles. The Hall–Kier alpha value is -2.32. The smallest absolute Gasteiger partial charge is 0.228 e. The molecular formula is C19H27N5O2S. The van der Waals surface area contributed by atoms with E-state index in [1.165, 1.54) is 11.3 Å². The molecule has 0 aromatic carbocycles. The van der Waals surface area contributed by atoms with Crippen LogP contribution in [0.25, 0.3) is 0 Å². The molecule has 7 nitrogen and oxygen atoms in total. The van der Waals surface area contributed by atoms with Crippen LogP contribution >= 0.6 is 11.3 Å². The number of aromatic nitrogens is 2. The summed E-state index contributed by atoms with van der Waals surface area (Å²) in [6.07, 6.45) is 3.71. The van der Waals surface area contributed by atoms with Gasteiger partial charge in [0, 0.05) is 43.3 Å². The number of rotatable bonds is 9. The number of anilines is 1. The summed E-state index contributed by atoms with van der Waals surface area (Å²) in [6, 6.07) is 3.83. The molecule has 2 aromatic heterocycles. The van der Waals surface area contributed by atoms with E-state index in [-0.39, 0.29) is 24.2 Å². The van der Waals surface area contributed by atoms with E-state index in [2.05, 4.69) is 15.3 Å². The first-order chi connectivity index (χ1) is 12.8. The Bertz CT molecular complexity index is 746. The second-order valence-corrected chi connectivity index (χ2v) is 7.80. The molecule has 2 heterocycles. The molecule has 0 radical (unpaired) electrons. The Morgan fingerprint density at radius 1 is 1.26 bits per heavy atom. The minimum atomic E-state index is -0.111. The van der Waals surface area contributed by atoms with Crippen molar-refractivity contribution < 1.29 is 9.59 Å². The molecule has 2 amide bonds. The van der Waals surface area contributed by atoms with E-state index in [1.54, 1.807) is 12.4 Å². The molecule has 0 atom stereocenters. The third kappa shape index (κ3) is 7.07. The number of nitrogens with one attached hydrogen (secondary N) is 1. The normalized spacial score (nSPS) is 11.0. The number of carbonyl (C=O) groups is 2. The van der Waals surface area contributed by atoms with E-state index in [1.807, 2.05) is 55.3 Å². The maximum absolute atomic E-state index is 12.8. The molecule has 0 saturated carbocycles. The van der Waals surface area contributed by atoms with Gasteiger partial charge in [-0.25, -0.2) is 4.98 Å². The first-order valence-electron chi connectivity index (χ1n) is 8.92. The summed E-state index contributed by atoms with van der Waals surface area (Å²) in [5.74, 6) is -0.181. The Morgan fingerprint density at radius 3 is 2.67 bits per heavy atom. The van der Waals surface area contributed by atoms with Crippen LogP contribution < -0.4 is 5.32 Å². The van der Waals surface area contributed by atoms with Crippen molar-refractivity contribution in [2.45, 2.75) is 26.8 Å². The lowest BCUT2D eigenvalue weighted by molar-refractivity contribution is -0.131. The van der Waals surface area contributed by atoms with Gasteiger partial charge in [0.05, 0.1) is 12.1 Å².